The van der Waals surface area contributed by atoms with Gasteiger partial charge in [-0.2, -0.15) is 0 Å². The third-order valence-electron chi connectivity index (χ3n) is 3.94. The minimum Gasteiger partial charge on any atom is -0.313 e. The summed E-state index contributed by atoms with van der Waals surface area (Å²) in [7, 11) is -1.60. The molecule has 2 N–H and O–H groups in total. The van der Waals surface area contributed by atoms with Crippen molar-refractivity contribution in [2.45, 2.75) is 37.8 Å². The Morgan fingerprint density at radius 3 is 2.88 bits per heavy atom. The van der Waals surface area contributed by atoms with Crippen LogP contribution in [-0.2, 0) is 10.0 Å². The fourth-order valence-electron chi connectivity index (χ4n) is 2.91. The van der Waals surface area contributed by atoms with Crippen molar-refractivity contribution < 1.29 is 8.42 Å². The Hall–Kier alpha value is -0.170. The minimum atomic E-state index is -3.06. The van der Waals surface area contributed by atoms with Gasteiger partial charge in [-0.25, -0.2) is 13.1 Å². The van der Waals surface area contributed by atoms with Crippen molar-refractivity contribution in [3.05, 3.63) is 0 Å². The van der Waals surface area contributed by atoms with Gasteiger partial charge >= 0.3 is 0 Å². The van der Waals surface area contributed by atoms with E-state index < -0.39 is 10.0 Å². The fourth-order valence-corrected chi connectivity index (χ4v) is 3.50. The quantitative estimate of drug-likeness (QED) is 0.716. The lowest BCUT2D eigenvalue weighted by Gasteiger charge is -2.35. The number of nitrogens with one attached hydrogen (secondary N) is 2. The molecule has 2 unspecified atom stereocenters. The summed E-state index contributed by atoms with van der Waals surface area (Å²) in [6.45, 7) is 2.98. The Labute approximate surface area is 104 Å². The summed E-state index contributed by atoms with van der Waals surface area (Å²) >= 11 is 0. The molecule has 2 fully saturated rings. The lowest BCUT2D eigenvalue weighted by atomic mass is 9.98. The van der Waals surface area contributed by atoms with Crippen LogP contribution in [0.15, 0.2) is 0 Å². The maximum atomic E-state index is 11.3. The van der Waals surface area contributed by atoms with E-state index in [1.807, 2.05) is 0 Å². The molecule has 0 aromatic rings. The van der Waals surface area contributed by atoms with Crippen molar-refractivity contribution in [3.63, 3.8) is 0 Å². The van der Waals surface area contributed by atoms with E-state index in [4.69, 9.17) is 0 Å². The van der Waals surface area contributed by atoms with Gasteiger partial charge in [0.15, 0.2) is 0 Å². The van der Waals surface area contributed by atoms with Crippen LogP contribution in [0.3, 0.4) is 0 Å². The SMILES string of the molecule is CNS(=O)(=O)CCNC1CCN2CCCC2C1. The molecule has 0 bridgehead atoms. The second-order valence-corrected chi connectivity index (χ2v) is 7.08. The van der Waals surface area contributed by atoms with Gasteiger partial charge in [0.1, 0.15) is 0 Å². The molecule has 2 aliphatic heterocycles. The number of rotatable bonds is 5. The highest BCUT2D eigenvalue weighted by Crippen LogP contribution is 2.26. The Morgan fingerprint density at radius 2 is 2.12 bits per heavy atom. The van der Waals surface area contributed by atoms with Gasteiger partial charge in [0.05, 0.1) is 5.75 Å². The van der Waals surface area contributed by atoms with Crippen LogP contribution in [0.5, 0.6) is 0 Å². The van der Waals surface area contributed by atoms with E-state index in [-0.39, 0.29) is 5.75 Å². The first-order valence-electron chi connectivity index (χ1n) is 6.49. The number of piperidine rings is 1. The van der Waals surface area contributed by atoms with Crippen LogP contribution in [-0.4, -0.2) is 57.8 Å². The van der Waals surface area contributed by atoms with Crippen LogP contribution < -0.4 is 10.0 Å². The van der Waals surface area contributed by atoms with Gasteiger partial charge in [-0.05, 0) is 45.8 Å². The number of nitrogens with zero attached hydrogens (tertiary/aromatic N) is 1. The third kappa shape index (κ3) is 3.64. The summed E-state index contributed by atoms with van der Waals surface area (Å²) in [4.78, 5) is 2.57. The monoisotopic (exact) mass is 261 g/mol. The smallest absolute Gasteiger partial charge is 0.212 e. The molecule has 2 saturated heterocycles. The molecule has 100 valence electrons. The Balaban J connectivity index is 1.70. The molecule has 0 radical (unpaired) electrons. The summed E-state index contributed by atoms with van der Waals surface area (Å²) in [6, 6.07) is 1.24. The molecule has 0 aliphatic carbocycles. The number of hydrogen-bond acceptors (Lipinski definition) is 4. The van der Waals surface area contributed by atoms with E-state index in [0.29, 0.717) is 12.6 Å². The molecule has 2 heterocycles. The van der Waals surface area contributed by atoms with Gasteiger partial charge in [-0.3, -0.25) is 0 Å². The number of fused-ring (bicyclic) bond motifs is 1. The van der Waals surface area contributed by atoms with Crippen molar-refractivity contribution in [1.82, 2.24) is 14.9 Å². The van der Waals surface area contributed by atoms with Crippen LogP contribution in [0.4, 0.5) is 0 Å². The average molecular weight is 261 g/mol. The van der Waals surface area contributed by atoms with Crippen LogP contribution in [0.25, 0.3) is 0 Å². The zero-order valence-corrected chi connectivity index (χ0v) is 11.3. The molecule has 2 rings (SSSR count). The van der Waals surface area contributed by atoms with E-state index in [9.17, 15) is 8.42 Å². The molecule has 0 saturated carbocycles. The zero-order valence-electron chi connectivity index (χ0n) is 10.5. The zero-order chi connectivity index (χ0) is 12.3. The summed E-state index contributed by atoms with van der Waals surface area (Å²) in [5, 5.41) is 3.38. The predicted octanol–water partition coefficient (Wildman–Crippen LogP) is -0.248. The topological polar surface area (TPSA) is 61.4 Å². The molecule has 5 nitrogen and oxygen atoms in total. The van der Waals surface area contributed by atoms with Crippen molar-refractivity contribution in [2.24, 2.45) is 0 Å². The summed E-state index contributed by atoms with van der Waals surface area (Å²) in [5.74, 6) is 0.175. The minimum absolute atomic E-state index is 0.175. The van der Waals surface area contributed by atoms with Crippen LogP contribution in [0, 0.1) is 0 Å². The van der Waals surface area contributed by atoms with Gasteiger partial charge in [0.2, 0.25) is 10.0 Å². The summed E-state index contributed by atoms with van der Waals surface area (Å²) in [6.07, 6.45) is 4.97. The van der Waals surface area contributed by atoms with Crippen molar-refractivity contribution in [1.29, 1.82) is 0 Å². The van der Waals surface area contributed by atoms with Crippen molar-refractivity contribution in [3.8, 4) is 0 Å². The molecule has 0 aromatic carbocycles. The highest BCUT2D eigenvalue weighted by Gasteiger charge is 2.31. The Morgan fingerprint density at radius 1 is 1.29 bits per heavy atom. The lowest BCUT2D eigenvalue weighted by molar-refractivity contribution is 0.168. The second-order valence-electron chi connectivity index (χ2n) is 5.03. The standard InChI is InChI=1S/C11H23N3O2S/c1-12-17(15,16)8-5-13-10-4-7-14-6-2-3-11(14)9-10/h10-13H,2-9H2,1H3. The average Bonchev–Trinajstić information content (AvgIpc) is 2.76. The summed E-state index contributed by atoms with van der Waals surface area (Å²) in [5.41, 5.74) is 0. The highest BCUT2D eigenvalue weighted by molar-refractivity contribution is 7.89. The van der Waals surface area contributed by atoms with Crippen molar-refractivity contribution >= 4 is 10.0 Å². The Bertz CT molecular complexity index is 345. The molecular weight excluding hydrogens is 238 g/mol. The lowest BCUT2D eigenvalue weighted by Crippen LogP contribution is -2.46. The molecule has 0 amide bonds. The first kappa shape index (κ1) is 13.3. The largest absolute Gasteiger partial charge is 0.313 e. The van der Waals surface area contributed by atoms with E-state index >= 15 is 0 Å². The molecule has 2 atom stereocenters. The predicted molar refractivity (Wildman–Crippen MR) is 68.5 cm³/mol. The van der Waals surface area contributed by atoms with Gasteiger partial charge in [0.25, 0.3) is 0 Å². The second kappa shape index (κ2) is 5.65. The Kier molecular flexibility index (Phi) is 4.41. The maximum Gasteiger partial charge on any atom is 0.212 e. The van der Waals surface area contributed by atoms with Crippen LogP contribution >= 0.6 is 0 Å². The van der Waals surface area contributed by atoms with Crippen molar-refractivity contribution in [2.75, 3.05) is 32.4 Å². The first-order valence-corrected chi connectivity index (χ1v) is 8.14. The number of sulfonamides is 1. The third-order valence-corrected chi connectivity index (χ3v) is 5.30. The maximum absolute atomic E-state index is 11.3. The van der Waals surface area contributed by atoms with E-state index in [2.05, 4.69) is 14.9 Å². The number of hydrogen-bond donors (Lipinski definition) is 2. The normalized spacial score (nSPS) is 30.4. The molecule has 6 heteroatoms. The van der Waals surface area contributed by atoms with Gasteiger partial charge in [0, 0.05) is 18.6 Å². The first-order chi connectivity index (χ1) is 8.11. The molecule has 0 aromatic heterocycles. The van der Waals surface area contributed by atoms with Gasteiger partial charge < -0.3 is 10.2 Å². The summed E-state index contributed by atoms with van der Waals surface area (Å²) < 4.78 is 24.9. The van der Waals surface area contributed by atoms with Gasteiger partial charge in [-0.1, -0.05) is 0 Å². The van der Waals surface area contributed by atoms with Crippen LogP contribution in [0.1, 0.15) is 25.7 Å². The molecule has 2 aliphatic rings. The van der Waals surface area contributed by atoms with E-state index in [1.165, 1.54) is 39.4 Å². The molecule has 17 heavy (non-hydrogen) atoms. The molecular formula is C11H23N3O2S. The molecule has 0 spiro atoms. The van der Waals surface area contributed by atoms with E-state index in [0.717, 1.165) is 12.5 Å². The van der Waals surface area contributed by atoms with Gasteiger partial charge in [-0.15, -0.1) is 0 Å². The highest BCUT2D eigenvalue weighted by atomic mass is 32.2. The van der Waals surface area contributed by atoms with Crippen LogP contribution in [0.2, 0.25) is 0 Å². The fraction of sp³-hybridized carbons (Fsp3) is 1.00. The van der Waals surface area contributed by atoms with E-state index in [1.54, 1.807) is 0 Å².